The molecule has 1 N–H and O–H groups in total. The van der Waals surface area contributed by atoms with E-state index in [-0.39, 0.29) is 0 Å². The summed E-state index contributed by atoms with van der Waals surface area (Å²) in [6.45, 7) is 3.54. The molecule has 3 rings (SSSR count). The normalized spacial score (nSPS) is 21.1. The van der Waals surface area contributed by atoms with Gasteiger partial charge in [-0.25, -0.2) is 4.79 Å². The first-order valence-corrected chi connectivity index (χ1v) is 6.91. The molecule has 0 radical (unpaired) electrons. The Morgan fingerprint density at radius 3 is 2.84 bits per heavy atom. The highest BCUT2D eigenvalue weighted by Crippen LogP contribution is 2.26. The van der Waals surface area contributed by atoms with Gasteiger partial charge < -0.3 is 9.84 Å². The molecule has 4 heteroatoms. The second kappa shape index (κ2) is 5.31. The highest BCUT2D eigenvalue weighted by molar-refractivity contribution is 5.89. The molecule has 1 aromatic carbocycles. The summed E-state index contributed by atoms with van der Waals surface area (Å²) in [6, 6.07) is 6.23. The molecule has 2 heterocycles. The van der Waals surface area contributed by atoms with Crippen LogP contribution in [0.4, 0.5) is 0 Å². The zero-order chi connectivity index (χ0) is 13.2. The summed E-state index contributed by atoms with van der Waals surface area (Å²) in [5.74, 6) is -0.809. The van der Waals surface area contributed by atoms with E-state index in [4.69, 9.17) is 4.74 Å². The molecule has 2 aliphatic heterocycles. The molecule has 4 nitrogen and oxygen atoms in total. The average Bonchev–Trinajstić information content (AvgIpc) is 2.47. The van der Waals surface area contributed by atoms with Gasteiger partial charge in [-0.15, -0.1) is 0 Å². The molecule has 0 saturated carbocycles. The minimum absolute atomic E-state index is 0.476. The third-order valence-electron chi connectivity index (χ3n) is 4.23. The molecule has 0 aromatic heterocycles. The van der Waals surface area contributed by atoms with Crippen molar-refractivity contribution in [1.82, 2.24) is 4.90 Å². The van der Waals surface area contributed by atoms with Gasteiger partial charge in [0.15, 0.2) is 0 Å². The third kappa shape index (κ3) is 2.51. The van der Waals surface area contributed by atoms with Gasteiger partial charge in [-0.1, -0.05) is 12.1 Å². The van der Waals surface area contributed by atoms with Gasteiger partial charge in [-0.05, 0) is 36.5 Å². The zero-order valence-corrected chi connectivity index (χ0v) is 11.0. The van der Waals surface area contributed by atoms with E-state index >= 15 is 0 Å². The number of hydrogen-bond acceptors (Lipinski definition) is 3. The van der Waals surface area contributed by atoms with Crippen molar-refractivity contribution in [2.45, 2.75) is 31.8 Å². The summed E-state index contributed by atoms with van der Waals surface area (Å²) in [7, 11) is 0. The molecule has 2 aliphatic rings. The summed E-state index contributed by atoms with van der Waals surface area (Å²) in [4.78, 5) is 13.7. The number of fused-ring (bicyclic) bond motifs is 1. The van der Waals surface area contributed by atoms with Crippen LogP contribution in [0.25, 0.3) is 0 Å². The zero-order valence-electron chi connectivity index (χ0n) is 11.0. The van der Waals surface area contributed by atoms with Gasteiger partial charge >= 0.3 is 5.97 Å². The van der Waals surface area contributed by atoms with Crippen LogP contribution < -0.4 is 0 Å². The Morgan fingerprint density at radius 2 is 2.11 bits per heavy atom. The van der Waals surface area contributed by atoms with Gasteiger partial charge in [0.2, 0.25) is 0 Å². The van der Waals surface area contributed by atoms with Gasteiger partial charge in [0.05, 0.1) is 5.56 Å². The number of rotatable bonds is 2. The lowest BCUT2D eigenvalue weighted by Gasteiger charge is -2.37. The van der Waals surface area contributed by atoms with E-state index < -0.39 is 5.97 Å². The molecular weight excluding hydrogens is 242 g/mol. The van der Waals surface area contributed by atoms with Crippen LogP contribution in [-0.2, 0) is 17.7 Å². The average molecular weight is 261 g/mol. The van der Waals surface area contributed by atoms with Crippen LogP contribution in [0.2, 0.25) is 0 Å². The minimum atomic E-state index is -0.809. The van der Waals surface area contributed by atoms with E-state index in [1.807, 2.05) is 6.07 Å². The first-order chi connectivity index (χ1) is 9.25. The van der Waals surface area contributed by atoms with Crippen molar-refractivity contribution < 1.29 is 14.6 Å². The molecule has 0 spiro atoms. The number of hydrogen-bond donors (Lipinski definition) is 1. The summed E-state index contributed by atoms with van der Waals surface area (Å²) in [5.41, 5.74) is 2.68. The maximum Gasteiger partial charge on any atom is 0.335 e. The Morgan fingerprint density at radius 1 is 1.32 bits per heavy atom. The smallest absolute Gasteiger partial charge is 0.335 e. The number of benzene rings is 1. The van der Waals surface area contributed by atoms with Gasteiger partial charge in [-0.3, -0.25) is 4.90 Å². The van der Waals surface area contributed by atoms with E-state index in [0.717, 1.165) is 51.1 Å². The van der Waals surface area contributed by atoms with Gasteiger partial charge in [-0.2, -0.15) is 0 Å². The van der Waals surface area contributed by atoms with E-state index in [1.165, 1.54) is 5.56 Å². The maximum absolute atomic E-state index is 11.2. The highest BCUT2D eigenvalue weighted by atomic mass is 16.5. The Bertz CT molecular complexity index is 480. The standard InChI is InChI=1S/C15H19NO3/c17-15(18)14-3-1-2-11-10-16(7-4-13(11)14)12-5-8-19-9-6-12/h1-3,12H,4-10H2,(H,17,18). The summed E-state index contributed by atoms with van der Waals surface area (Å²) >= 11 is 0. The summed E-state index contributed by atoms with van der Waals surface area (Å²) < 4.78 is 5.41. The Labute approximate surface area is 113 Å². The molecule has 0 aliphatic carbocycles. The largest absolute Gasteiger partial charge is 0.478 e. The fourth-order valence-electron chi connectivity index (χ4n) is 3.19. The number of ether oxygens (including phenoxy) is 1. The topological polar surface area (TPSA) is 49.8 Å². The second-order valence-corrected chi connectivity index (χ2v) is 5.31. The lowest BCUT2D eigenvalue weighted by atomic mass is 9.92. The minimum Gasteiger partial charge on any atom is -0.478 e. The van der Waals surface area contributed by atoms with Gasteiger partial charge in [0, 0.05) is 32.3 Å². The Balaban J connectivity index is 1.80. The molecule has 0 atom stereocenters. The molecule has 102 valence electrons. The Kier molecular flexibility index (Phi) is 3.53. The number of carboxylic acid groups (broad SMARTS) is 1. The number of nitrogens with zero attached hydrogens (tertiary/aromatic N) is 1. The van der Waals surface area contributed by atoms with Crippen LogP contribution in [-0.4, -0.2) is 41.8 Å². The second-order valence-electron chi connectivity index (χ2n) is 5.31. The molecule has 0 bridgehead atoms. The van der Waals surface area contributed by atoms with Gasteiger partial charge in [0.25, 0.3) is 0 Å². The van der Waals surface area contributed by atoms with Crippen molar-refractivity contribution in [1.29, 1.82) is 0 Å². The lowest BCUT2D eigenvalue weighted by molar-refractivity contribution is 0.0289. The van der Waals surface area contributed by atoms with Crippen molar-refractivity contribution in [2.75, 3.05) is 19.8 Å². The predicted octanol–water partition coefficient (Wildman–Crippen LogP) is 1.92. The van der Waals surface area contributed by atoms with Crippen molar-refractivity contribution in [3.05, 3.63) is 34.9 Å². The molecule has 19 heavy (non-hydrogen) atoms. The molecular formula is C15H19NO3. The molecule has 1 aromatic rings. The summed E-state index contributed by atoms with van der Waals surface area (Å²) in [6.07, 6.45) is 3.02. The Hall–Kier alpha value is -1.39. The van der Waals surface area contributed by atoms with Crippen molar-refractivity contribution in [2.24, 2.45) is 0 Å². The van der Waals surface area contributed by atoms with E-state index in [9.17, 15) is 9.90 Å². The quantitative estimate of drug-likeness (QED) is 0.883. The lowest BCUT2D eigenvalue weighted by Crippen LogP contribution is -2.42. The van der Waals surface area contributed by atoms with Crippen LogP contribution in [0.15, 0.2) is 18.2 Å². The SMILES string of the molecule is O=C(O)c1cccc2c1CCN(C1CCOCC1)C2. The van der Waals surface area contributed by atoms with E-state index in [0.29, 0.717) is 11.6 Å². The molecule has 1 saturated heterocycles. The number of aromatic carboxylic acids is 1. The van der Waals surface area contributed by atoms with Crippen molar-refractivity contribution in [3.63, 3.8) is 0 Å². The first kappa shape index (κ1) is 12.6. The highest BCUT2D eigenvalue weighted by Gasteiger charge is 2.27. The van der Waals surface area contributed by atoms with Crippen LogP contribution in [0.3, 0.4) is 0 Å². The monoisotopic (exact) mass is 261 g/mol. The van der Waals surface area contributed by atoms with Gasteiger partial charge in [0.1, 0.15) is 0 Å². The predicted molar refractivity (Wildman–Crippen MR) is 71.4 cm³/mol. The van der Waals surface area contributed by atoms with Crippen LogP contribution in [0, 0.1) is 0 Å². The maximum atomic E-state index is 11.2. The van der Waals surface area contributed by atoms with Crippen molar-refractivity contribution >= 4 is 5.97 Å². The molecule has 0 unspecified atom stereocenters. The van der Waals surface area contributed by atoms with Crippen molar-refractivity contribution in [3.8, 4) is 0 Å². The van der Waals surface area contributed by atoms with Crippen LogP contribution in [0.1, 0.15) is 34.3 Å². The number of carbonyl (C=O) groups is 1. The van der Waals surface area contributed by atoms with Crippen LogP contribution in [0.5, 0.6) is 0 Å². The van der Waals surface area contributed by atoms with E-state index in [2.05, 4.69) is 11.0 Å². The molecule has 1 fully saturated rings. The number of carboxylic acids is 1. The fourth-order valence-corrected chi connectivity index (χ4v) is 3.19. The van der Waals surface area contributed by atoms with E-state index in [1.54, 1.807) is 6.07 Å². The summed E-state index contributed by atoms with van der Waals surface area (Å²) in [5, 5.41) is 9.23. The van der Waals surface area contributed by atoms with Crippen LogP contribution >= 0.6 is 0 Å². The fraction of sp³-hybridized carbons (Fsp3) is 0.533. The molecule has 0 amide bonds. The third-order valence-corrected chi connectivity index (χ3v) is 4.23. The first-order valence-electron chi connectivity index (χ1n) is 6.91.